The number of anilines is 1. The molecule has 6 nitrogen and oxygen atoms in total. The summed E-state index contributed by atoms with van der Waals surface area (Å²) < 4.78 is 5.81. The molecule has 0 radical (unpaired) electrons. The van der Waals surface area contributed by atoms with Gasteiger partial charge in [-0.25, -0.2) is 9.97 Å². The summed E-state index contributed by atoms with van der Waals surface area (Å²) in [5.41, 5.74) is 11.4. The van der Waals surface area contributed by atoms with Crippen molar-refractivity contribution in [1.82, 2.24) is 19.9 Å². The van der Waals surface area contributed by atoms with Crippen LogP contribution in [0.2, 0.25) is 0 Å². The van der Waals surface area contributed by atoms with Crippen LogP contribution in [-0.2, 0) is 6.54 Å². The van der Waals surface area contributed by atoms with E-state index in [1.165, 1.54) is 37.9 Å². The summed E-state index contributed by atoms with van der Waals surface area (Å²) in [7, 11) is 0. The first kappa shape index (κ1) is 18.9. The molecule has 1 saturated heterocycles. The molecule has 0 spiro atoms. The van der Waals surface area contributed by atoms with Gasteiger partial charge in [-0.1, -0.05) is 30.7 Å². The number of aromatic nitrogens is 3. The second kappa shape index (κ2) is 7.95. The van der Waals surface area contributed by atoms with Crippen LogP contribution in [0.4, 0.5) is 5.82 Å². The van der Waals surface area contributed by atoms with Crippen LogP contribution in [0.5, 0.6) is 5.75 Å². The van der Waals surface area contributed by atoms with Crippen molar-refractivity contribution < 1.29 is 4.74 Å². The Morgan fingerprint density at radius 2 is 1.83 bits per heavy atom. The Morgan fingerprint density at radius 3 is 2.60 bits per heavy atom. The first-order chi connectivity index (χ1) is 14.7. The van der Waals surface area contributed by atoms with Crippen molar-refractivity contribution in [3.63, 3.8) is 0 Å². The highest BCUT2D eigenvalue weighted by atomic mass is 16.5. The highest BCUT2D eigenvalue weighted by molar-refractivity contribution is 6.11. The van der Waals surface area contributed by atoms with Gasteiger partial charge in [0.15, 0.2) is 11.6 Å². The summed E-state index contributed by atoms with van der Waals surface area (Å²) in [5.74, 6) is 1.02. The van der Waals surface area contributed by atoms with Gasteiger partial charge in [-0.3, -0.25) is 4.90 Å². The molecule has 1 aliphatic heterocycles. The molecular weight excluding hydrogens is 374 g/mol. The number of hydrogen-bond donors (Lipinski definition) is 2. The van der Waals surface area contributed by atoms with Crippen molar-refractivity contribution in [3.05, 3.63) is 48.3 Å². The predicted molar refractivity (Wildman–Crippen MR) is 122 cm³/mol. The quantitative estimate of drug-likeness (QED) is 0.505. The van der Waals surface area contributed by atoms with Gasteiger partial charge in [-0.15, -0.1) is 0 Å². The lowest BCUT2D eigenvalue weighted by molar-refractivity contribution is 0.221. The fraction of sp³-hybridized carbons (Fsp3) is 0.333. The molecule has 154 valence electrons. The third-order valence-electron chi connectivity index (χ3n) is 5.90. The normalized spacial score (nSPS) is 15.1. The topological polar surface area (TPSA) is 80.1 Å². The molecule has 4 heterocycles. The molecule has 0 atom stereocenters. The molecule has 5 rings (SSSR count). The Hall–Kier alpha value is -3.12. The van der Waals surface area contributed by atoms with Gasteiger partial charge in [0.2, 0.25) is 0 Å². The summed E-state index contributed by atoms with van der Waals surface area (Å²) in [6.07, 6.45) is 7.65. The van der Waals surface area contributed by atoms with Crippen molar-refractivity contribution in [2.24, 2.45) is 0 Å². The second-order valence-electron chi connectivity index (χ2n) is 7.97. The summed E-state index contributed by atoms with van der Waals surface area (Å²) in [6.45, 7) is 5.93. The Kier molecular flexibility index (Phi) is 5.01. The molecule has 30 heavy (non-hydrogen) atoms. The lowest BCUT2D eigenvalue weighted by atomic mass is 10.0. The fourth-order valence-electron chi connectivity index (χ4n) is 4.38. The van der Waals surface area contributed by atoms with Gasteiger partial charge in [0.1, 0.15) is 5.65 Å². The van der Waals surface area contributed by atoms with Crippen LogP contribution >= 0.6 is 0 Å². The van der Waals surface area contributed by atoms with E-state index in [4.69, 9.17) is 10.5 Å². The van der Waals surface area contributed by atoms with Crippen LogP contribution in [0.3, 0.4) is 0 Å². The third-order valence-corrected chi connectivity index (χ3v) is 5.90. The Labute approximate surface area is 176 Å². The van der Waals surface area contributed by atoms with Gasteiger partial charge in [-0.2, -0.15) is 0 Å². The molecule has 0 unspecified atom stereocenters. The number of likely N-dealkylation sites (tertiary alicyclic amines) is 1. The minimum absolute atomic E-state index is 0.401. The molecule has 0 saturated carbocycles. The molecule has 3 aromatic heterocycles. The first-order valence-electron chi connectivity index (χ1n) is 10.7. The maximum absolute atomic E-state index is 6.09. The monoisotopic (exact) mass is 401 g/mol. The number of pyridine rings is 2. The van der Waals surface area contributed by atoms with Crippen molar-refractivity contribution in [3.8, 4) is 16.9 Å². The largest absolute Gasteiger partial charge is 0.489 e. The number of nitrogen functional groups attached to an aromatic ring is 1. The van der Waals surface area contributed by atoms with Crippen molar-refractivity contribution in [2.75, 3.05) is 25.4 Å². The van der Waals surface area contributed by atoms with Gasteiger partial charge < -0.3 is 15.5 Å². The SMILES string of the molecule is CCOc1c(N)ncc2[nH]c3ncc(-c4ccc(CN5CCCCC5)cc4)cc3c12. The second-order valence-corrected chi connectivity index (χ2v) is 7.97. The standard InChI is InChI=1S/C24H27N5O/c1-2-30-22-21-19-12-18(13-27-24(19)28-20(21)14-26-23(22)25)17-8-6-16(7-9-17)15-29-10-4-3-5-11-29/h6-9,12-14H,2-5,10-11,15H2,1H3,(H2,25,26)(H,27,28). The number of rotatable bonds is 5. The molecule has 6 heteroatoms. The summed E-state index contributed by atoms with van der Waals surface area (Å²) >= 11 is 0. The van der Waals surface area contributed by atoms with E-state index in [1.807, 2.05) is 13.1 Å². The van der Waals surface area contributed by atoms with E-state index in [9.17, 15) is 0 Å². The Bertz CT molecular complexity index is 1180. The Morgan fingerprint density at radius 1 is 1.03 bits per heavy atom. The van der Waals surface area contributed by atoms with Crippen molar-refractivity contribution in [1.29, 1.82) is 0 Å². The van der Waals surface area contributed by atoms with Gasteiger partial charge in [-0.05, 0) is 50.0 Å². The number of nitrogens with one attached hydrogen (secondary N) is 1. The minimum Gasteiger partial charge on any atom is -0.489 e. The van der Waals surface area contributed by atoms with E-state index >= 15 is 0 Å². The van der Waals surface area contributed by atoms with Crippen LogP contribution in [0.1, 0.15) is 31.7 Å². The van der Waals surface area contributed by atoms with E-state index in [-0.39, 0.29) is 0 Å². The molecular formula is C24H27N5O. The van der Waals surface area contributed by atoms with Crippen molar-refractivity contribution in [2.45, 2.75) is 32.7 Å². The number of ether oxygens (including phenoxy) is 1. The molecule has 0 aliphatic carbocycles. The van der Waals surface area contributed by atoms with Crippen LogP contribution in [0.25, 0.3) is 33.1 Å². The molecule has 3 N–H and O–H groups in total. The van der Waals surface area contributed by atoms with Crippen LogP contribution in [-0.4, -0.2) is 39.5 Å². The molecule has 1 aromatic carbocycles. The van der Waals surface area contributed by atoms with E-state index in [1.54, 1.807) is 6.20 Å². The highest BCUT2D eigenvalue weighted by Crippen LogP contribution is 2.37. The number of hydrogen-bond acceptors (Lipinski definition) is 5. The average Bonchev–Trinajstić information content (AvgIpc) is 3.15. The van der Waals surface area contributed by atoms with Crippen molar-refractivity contribution >= 4 is 27.8 Å². The van der Waals surface area contributed by atoms with E-state index < -0.39 is 0 Å². The number of aromatic amines is 1. The molecule has 0 amide bonds. The lowest BCUT2D eigenvalue weighted by Gasteiger charge is -2.26. The fourth-order valence-corrected chi connectivity index (χ4v) is 4.38. The summed E-state index contributed by atoms with van der Waals surface area (Å²) in [6, 6.07) is 11.0. The van der Waals surface area contributed by atoms with E-state index in [0.29, 0.717) is 18.2 Å². The number of piperidine rings is 1. The zero-order valence-corrected chi connectivity index (χ0v) is 17.3. The number of H-pyrrole nitrogens is 1. The van der Waals surface area contributed by atoms with Crippen LogP contribution in [0, 0.1) is 0 Å². The first-order valence-corrected chi connectivity index (χ1v) is 10.7. The van der Waals surface area contributed by atoms with Crippen LogP contribution in [0.15, 0.2) is 42.7 Å². The zero-order chi connectivity index (χ0) is 20.5. The number of fused-ring (bicyclic) bond motifs is 3. The van der Waals surface area contributed by atoms with Gasteiger partial charge >= 0.3 is 0 Å². The molecule has 1 fully saturated rings. The predicted octanol–water partition coefficient (Wildman–Crippen LogP) is 4.74. The van der Waals surface area contributed by atoms with Gasteiger partial charge in [0.25, 0.3) is 0 Å². The summed E-state index contributed by atoms with van der Waals surface area (Å²) in [5, 5.41) is 1.94. The van der Waals surface area contributed by atoms with E-state index in [2.05, 4.69) is 50.2 Å². The third kappa shape index (κ3) is 3.48. The number of benzene rings is 1. The molecule has 0 bridgehead atoms. The molecule has 4 aromatic rings. The summed E-state index contributed by atoms with van der Waals surface area (Å²) in [4.78, 5) is 14.8. The van der Waals surface area contributed by atoms with Gasteiger partial charge in [0.05, 0.1) is 23.7 Å². The number of nitrogens with zero attached hydrogens (tertiary/aromatic N) is 3. The van der Waals surface area contributed by atoms with Gasteiger partial charge in [0, 0.05) is 23.7 Å². The lowest BCUT2D eigenvalue weighted by Crippen LogP contribution is -2.28. The maximum Gasteiger partial charge on any atom is 0.171 e. The molecule has 1 aliphatic rings. The minimum atomic E-state index is 0.401. The maximum atomic E-state index is 6.09. The average molecular weight is 402 g/mol. The highest BCUT2D eigenvalue weighted by Gasteiger charge is 2.16. The Balaban J connectivity index is 1.49. The van der Waals surface area contributed by atoms with E-state index in [0.717, 1.165) is 39.6 Å². The number of nitrogens with two attached hydrogens (primary N) is 1. The zero-order valence-electron chi connectivity index (χ0n) is 17.3. The van der Waals surface area contributed by atoms with Crippen LogP contribution < -0.4 is 10.5 Å². The smallest absolute Gasteiger partial charge is 0.171 e.